The molecule has 4 heteroatoms. The molecule has 0 aromatic heterocycles. The number of nitrogens with one attached hydrogen (secondary N) is 1. The summed E-state index contributed by atoms with van der Waals surface area (Å²) in [6.45, 7) is 0. The minimum atomic E-state index is -2.91. The maximum atomic E-state index is 10.7. The molecule has 0 amide bonds. The molecule has 1 aliphatic carbocycles. The Balaban J connectivity index is 2.40. The van der Waals surface area contributed by atoms with Gasteiger partial charge in [-0.05, 0) is 25.8 Å². The van der Waals surface area contributed by atoms with Crippen LogP contribution in [-0.4, -0.2) is 21.2 Å². The van der Waals surface area contributed by atoms with Crippen LogP contribution < -0.4 is 4.72 Å². The van der Waals surface area contributed by atoms with Crippen molar-refractivity contribution in [2.24, 2.45) is 5.92 Å². The fraction of sp³-hybridized carbons (Fsp3) is 1.00. The van der Waals surface area contributed by atoms with Crippen molar-refractivity contribution in [3.05, 3.63) is 0 Å². The predicted octanol–water partition coefficient (Wildman–Crippen LogP) is -0.0544. The Morgan fingerprint density at radius 2 is 2.11 bits per heavy atom. The van der Waals surface area contributed by atoms with E-state index in [1.165, 1.54) is 7.05 Å². The average molecular weight is 149 g/mol. The summed E-state index contributed by atoms with van der Waals surface area (Å²) in [4.78, 5) is 0. The molecule has 0 heterocycles. The van der Waals surface area contributed by atoms with Crippen molar-refractivity contribution in [2.75, 3.05) is 12.8 Å². The second kappa shape index (κ2) is 2.27. The topological polar surface area (TPSA) is 46.2 Å². The third-order valence-corrected chi connectivity index (χ3v) is 3.00. The van der Waals surface area contributed by atoms with Gasteiger partial charge in [0, 0.05) is 0 Å². The summed E-state index contributed by atoms with van der Waals surface area (Å²) in [5.41, 5.74) is 0. The first-order valence-electron chi connectivity index (χ1n) is 3.05. The van der Waals surface area contributed by atoms with Crippen LogP contribution in [0.5, 0.6) is 0 Å². The van der Waals surface area contributed by atoms with Crippen molar-refractivity contribution < 1.29 is 8.42 Å². The molecular weight excluding hydrogens is 138 g/mol. The predicted molar refractivity (Wildman–Crippen MR) is 35.6 cm³/mol. The molecule has 0 spiro atoms. The van der Waals surface area contributed by atoms with Crippen molar-refractivity contribution in [1.29, 1.82) is 0 Å². The molecule has 9 heavy (non-hydrogen) atoms. The van der Waals surface area contributed by atoms with Crippen molar-refractivity contribution in [3.63, 3.8) is 0 Å². The smallest absolute Gasteiger partial charge is 0.211 e. The van der Waals surface area contributed by atoms with Gasteiger partial charge in [-0.3, -0.25) is 0 Å². The highest BCUT2D eigenvalue weighted by molar-refractivity contribution is 7.89. The quantitative estimate of drug-likeness (QED) is 0.611. The van der Waals surface area contributed by atoms with Crippen LogP contribution in [0.25, 0.3) is 0 Å². The van der Waals surface area contributed by atoms with E-state index in [9.17, 15) is 8.42 Å². The highest BCUT2D eigenvalue weighted by Crippen LogP contribution is 2.29. The third kappa shape index (κ3) is 2.32. The summed E-state index contributed by atoms with van der Waals surface area (Å²) in [6, 6.07) is 0. The molecule has 0 bridgehead atoms. The van der Waals surface area contributed by atoms with Gasteiger partial charge in [0.2, 0.25) is 10.0 Å². The molecular formula is C5H11NO2S. The Bertz CT molecular complexity index is 181. The van der Waals surface area contributed by atoms with E-state index >= 15 is 0 Å². The van der Waals surface area contributed by atoms with Crippen LogP contribution in [0.1, 0.15) is 12.8 Å². The van der Waals surface area contributed by atoms with Gasteiger partial charge in [0.15, 0.2) is 0 Å². The van der Waals surface area contributed by atoms with Gasteiger partial charge in [0.25, 0.3) is 0 Å². The third-order valence-electron chi connectivity index (χ3n) is 1.46. The van der Waals surface area contributed by atoms with Crippen molar-refractivity contribution in [3.8, 4) is 0 Å². The van der Waals surface area contributed by atoms with Gasteiger partial charge in [-0.15, -0.1) is 0 Å². The lowest BCUT2D eigenvalue weighted by molar-refractivity contribution is 0.584. The summed E-state index contributed by atoms with van der Waals surface area (Å²) >= 11 is 0. The second-order valence-corrected chi connectivity index (χ2v) is 4.40. The zero-order valence-electron chi connectivity index (χ0n) is 5.42. The molecule has 1 fully saturated rings. The molecule has 1 aliphatic rings. The molecule has 0 aliphatic heterocycles. The van der Waals surface area contributed by atoms with Crippen LogP contribution in [0, 0.1) is 5.92 Å². The summed E-state index contributed by atoms with van der Waals surface area (Å²) in [7, 11) is -1.45. The molecule has 3 nitrogen and oxygen atoms in total. The van der Waals surface area contributed by atoms with E-state index in [0.29, 0.717) is 11.7 Å². The van der Waals surface area contributed by atoms with Crippen molar-refractivity contribution in [2.45, 2.75) is 12.8 Å². The Labute approximate surface area is 55.5 Å². The fourth-order valence-corrected chi connectivity index (χ4v) is 1.80. The number of hydrogen-bond donors (Lipinski definition) is 1. The first-order chi connectivity index (χ1) is 4.14. The van der Waals surface area contributed by atoms with Crippen molar-refractivity contribution in [1.82, 2.24) is 4.72 Å². The van der Waals surface area contributed by atoms with Gasteiger partial charge in [-0.2, -0.15) is 0 Å². The number of hydrogen-bond acceptors (Lipinski definition) is 2. The van der Waals surface area contributed by atoms with E-state index in [4.69, 9.17) is 0 Å². The Kier molecular flexibility index (Phi) is 1.77. The monoisotopic (exact) mass is 149 g/mol. The molecule has 0 saturated heterocycles. The standard InChI is InChI=1S/C5H11NO2S/c1-6-9(7,8)4-5-2-3-5/h5-6H,2-4H2,1H3. The lowest BCUT2D eigenvalue weighted by Gasteiger charge is -1.97. The summed E-state index contributed by atoms with van der Waals surface area (Å²) < 4.78 is 23.8. The van der Waals surface area contributed by atoms with Crippen molar-refractivity contribution >= 4 is 10.0 Å². The van der Waals surface area contributed by atoms with E-state index in [1.54, 1.807) is 0 Å². The highest BCUT2D eigenvalue weighted by Gasteiger charge is 2.26. The van der Waals surface area contributed by atoms with Gasteiger partial charge < -0.3 is 0 Å². The highest BCUT2D eigenvalue weighted by atomic mass is 32.2. The Morgan fingerprint density at radius 1 is 1.56 bits per heavy atom. The van der Waals surface area contributed by atoms with Gasteiger partial charge >= 0.3 is 0 Å². The summed E-state index contributed by atoms with van der Waals surface area (Å²) in [5.74, 6) is 0.770. The van der Waals surface area contributed by atoms with E-state index < -0.39 is 10.0 Å². The van der Waals surface area contributed by atoms with Crippen LogP contribution in [0.15, 0.2) is 0 Å². The molecule has 0 aromatic carbocycles. The maximum absolute atomic E-state index is 10.7. The Morgan fingerprint density at radius 3 is 2.44 bits per heavy atom. The Hall–Kier alpha value is -0.0900. The van der Waals surface area contributed by atoms with Crippen LogP contribution in [0.2, 0.25) is 0 Å². The minimum absolute atomic E-state index is 0.323. The van der Waals surface area contributed by atoms with Crippen LogP contribution in [0.3, 0.4) is 0 Å². The minimum Gasteiger partial charge on any atom is -0.218 e. The van der Waals surface area contributed by atoms with E-state index in [1.807, 2.05) is 0 Å². The second-order valence-electron chi connectivity index (χ2n) is 2.43. The van der Waals surface area contributed by atoms with Gasteiger partial charge in [-0.25, -0.2) is 13.1 Å². The SMILES string of the molecule is CNS(=O)(=O)CC1CC1. The molecule has 0 aromatic rings. The average Bonchev–Trinajstić information content (AvgIpc) is 2.50. The number of sulfonamides is 1. The van der Waals surface area contributed by atoms with Crippen LogP contribution in [-0.2, 0) is 10.0 Å². The van der Waals surface area contributed by atoms with Gasteiger partial charge in [0.1, 0.15) is 0 Å². The van der Waals surface area contributed by atoms with E-state index in [-0.39, 0.29) is 0 Å². The first-order valence-corrected chi connectivity index (χ1v) is 4.70. The first kappa shape index (κ1) is 7.02. The normalized spacial score (nSPS) is 20.1. The molecule has 0 radical (unpaired) electrons. The summed E-state index contributed by atoms with van der Waals surface area (Å²) in [5, 5.41) is 0. The van der Waals surface area contributed by atoms with Crippen LogP contribution >= 0.6 is 0 Å². The van der Waals surface area contributed by atoms with Gasteiger partial charge in [0.05, 0.1) is 5.75 Å². The fourth-order valence-electron chi connectivity index (χ4n) is 0.678. The van der Waals surface area contributed by atoms with Crippen LogP contribution in [0.4, 0.5) is 0 Å². The van der Waals surface area contributed by atoms with E-state index in [2.05, 4.69) is 4.72 Å². The zero-order chi connectivity index (χ0) is 6.91. The largest absolute Gasteiger partial charge is 0.218 e. The van der Waals surface area contributed by atoms with Gasteiger partial charge in [-0.1, -0.05) is 0 Å². The molecule has 54 valence electrons. The lowest BCUT2D eigenvalue weighted by Crippen LogP contribution is -2.22. The molecule has 0 atom stereocenters. The molecule has 1 N–H and O–H groups in total. The summed E-state index contributed by atoms with van der Waals surface area (Å²) in [6.07, 6.45) is 2.17. The molecule has 1 rings (SSSR count). The van der Waals surface area contributed by atoms with E-state index in [0.717, 1.165) is 12.8 Å². The molecule has 1 saturated carbocycles. The number of rotatable bonds is 3. The molecule has 0 unspecified atom stereocenters. The maximum Gasteiger partial charge on any atom is 0.211 e. The lowest BCUT2D eigenvalue weighted by atomic mass is 10.5. The zero-order valence-corrected chi connectivity index (χ0v) is 6.24.